The third-order valence-electron chi connectivity index (χ3n) is 3.43. The van der Waals surface area contributed by atoms with Gasteiger partial charge in [0.2, 0.25) is 5.91 Å². The van der Waals surface area contributed by atoms with Crippen molar-refractivity contribution < 1.29 is 4.79 Å². The maximum absolute atomic E-state index is 12.0. The summed E-state index contributed by atoms with van der Waals surface area (Å²) >= 11 is 3.60. The van der Waals surface area contributed by atoms with Crippen LogP contribution in [0.1, 0.15) is 31.9 Å². The van der Waals surface area contributed by atoms with E-state index in [9.17, 15) is 4.79 Å². The average Bonchev–Trinajstić information content (AvgIpc) is 2.69. The van der Waals surface area contributed by atoms with Crippen LogP contribution in [0.25, 0.3) is 0 Å². The summed E-state index contributed by atoms with van der Waals surface area (Å²) in [6.07, 6.45) is 1.01. The van der Waals surface area contributed by atoms with Gasteiger partial charge < -0.3 is 15.5 Å². The molecule has 0 aromatic heterocycles. The number of halogens is 1. The smallest absolute Gasteiger partial charge is 0.246 e. The monoisotopic (exact) mass is 325 g/mol. The molecule has 5 heteroatoms. The van der Waals surface area contributed by atoms with E-state index in [0.29, 0.717) is 0 Å². The summed E-state index contributed by atoms with van der Waals surface area (Å²) in [6.45, 7) is 5.95. The van der Waals surface area contributed by atoms with E-state index in [1.807, 2.05) is 19.2 Å². The third kappa shape index (κ3) is 2.77. The van der Waals surface area contributed by atoms with Crippen molar-refractivity contribution in [3.63, 3.8) is 0 Å². The van der Waals surface area contributed by atoms with Crippen molar-refractivity contribution in [1.82, 2.24) is 5.32 Å². The molecule has 1 heterocycles. The lowest BCUT2D eigenvalue weighted by Crippen LogP contribution is -2.28. The highest BCUT2D eigenvalue weighted by atomic mass is 79.9. The number of benzene rings is 1. The van der Waals surface area contributed by atoms with Gasteiger partial charge in [0, 0.05) is 29.3 Å². The molecule has 1 amide bonds. The second-order valence-corrected chi connectivity index (χ2v) is 5.64. The van der Waals surface area contributed by atoms with Gasteiger partial charge in [-0.05, 0) is 48.0 Å². The van der Waals surface area contributed by atoms with Gasteiger partial charge in [-0.25, -0.2) is 0 Å². The van der Waals surface area contributed by atoms with E-state index in [1.54, 1.807) is 0 Å². The van der Waals surface area contributed by atoms with E-state index in [-0.39, 0.29) is 11.9 Å². The number of nitrogens with zero attached hydrogens (tertiary/aromatic N) is 1. The van der Waals surface area contributed by atoms with Gasteiger partial charge in [-0.1, -0.05) is 6.92 Å². The fourth-order valence-corrected chi connectivity index (χ4v) is 2.89. The molecule has 0 saturated carbocycles. The zero-order valence-corrected chi connectivity index (χ0v) is 13.2. The van der Waals surface area contributed by atoms with Gasteiger partial charge in [0.1, 0.15) is 6.04 Å². The Labute approximate surface area is 122 Å². The number of carbonyl (C=O) groups is 1. The Morgan fingerprint density at radius 3 is 2.79 bits per heavy atom. The van der Waals surface area contributed by atoms with Gasteiger partial charge in [0.25, 0.3) is 0 Å². The quantitative estimate of drug-likeness (QED) is 0.874. The van der Waals surface area contributed by atoms with Crippen molar-refractivity contribution >= 4 is 33.2 Å². The van der Waals surface area contributed by atoms with Crippen LogP contribution in [-0.4, -0.2) is 26.0 Å². The SMILES string of the molecule is CCCNC1C(=O)Nc2cc(N(C)CC)c(Br)cc21. The van der Waals surface area contributed by atoms with Gasteiger partial charge in [-0.15, -0.1) is 0 Å². The molecule has 19 heavy (non-hydrogen) atoms. The number of amides is 1. The van der Waals surface area contributed by atoms with Crippen LogP contribution in [0.15, 0.2) is 16.6 Å². The average molecular weight is 326 g/mol. The summed E-state index contributed by atoms with van der Waals surface area (Å²) in [5.74, 6) is 0.0339. The van der Waals surface area contributed by atoms with Crippen LogP contribution in [0.3, 0.4) is 0 Å². The lowest BCUT2D eigenvalue weighted by atomic mass is 10.1. The molecule has 1 aromatic rings. The number of anilines is 2. The fourth-order valence-electron chi connectivity index (χ4n) is 2.22. The Bertz CT molecular complexity index is 490. The van der Waals surface area contributed by atoms with Crippen LogP contribution < -0.4 is 15.5 Å². The molecule has 0 saturated heterocycles. The van der Waals surface area contributed by atoms with Crippen LogP contribution in [0.5, 0.6) is 0 Å². The summed E-state index contributed by atoms with van der Waals surface area (Å²) in [7, 11) is 2.04. The number of rotatable bonds is 5. The molecule has 0 fully saturated rings. The van der Waals surface area contributed by atoms with Crippen LogP contribution in [0.2, 0.25) is 0 Å². The zero-order chi connectivity index (χ0) is 14.0. The lowest BCUT2D eigenvalue weighted by Gasteiger charge is -2.20. The highest BCUT2D eigenvalue weighted by molar-refractivity contribution is 9.10. The Morgan fingerprint density at radius 2 is 2.16 bits per heavy atom. The Balaban J connectivity index is 2.34. The van der Waals surface area contributed by atoms with Crippen LogP contribution in [0, 0.1) is 0 Å². The summed E-state index contributed by atoms with van der Waals surface area (Å²) in [6, 6.07) is 3.85. The first-order valence-corrected chi connectivity index (χ1v) is 7.46. The van der Waals surface area contributed by atoms with Crippen molar-refractivity contribution in [2.45, 2.75) is 26.3 Å². The molecule has 0 radical (unpaired) electrons. The van der Waals surface area contributed by atoms with Gasteiger partial charge >= 0.3 is 0 Å². The first kappa shape index (κ1) is 14.3. The molecule has 1 aromatic carbocycles. The minimum Gasteiger partial charge on any atom is -0.374 e. The maximum Gasteiger partial charge on any atom is 0.246 e. The zero-order valence-electron chi connectivity index (χ0n) is 11.6. The molecule has 1 aliphatic heterocycles. The minimum atomic E-state index is -0.229. The van der Waals surface area contributed by atoms with E-state index >= 15 is 0 Å². The van der Waals surface area contributed by atoms with Crippen LogP contribution in [-0.2, 0) is 4.79 Å². The molecule has 1 unspecified atom stereocenters. The molecule has 2 rings (SSSR count). The van der Waals surface area contributed by atoms with Crippen molar-refractivity contribution in [2.75, 3.05) is 30.4 Å². The highest BCUT2D eigenvalue weighted by Gasteiger charge is 2.31. The van der Waals surface area contributed by atoms with Gasteiger partial charge in [0.15, 0.2) is 0 Å². The minimum absolute atomic E-state index is 0.0339. The first-order valence-electron chi connectivity index (χ1n) is 6.67. The second-order valence-electron chi connectivity index (χ2n) is 4.78. The van der Waals surface area contributed by atoms with Gasteiger partial charge in [-0.2, -0.15) is 0 Å². The van der Waals surface area contributed by atoms with E-state index in [2.05, 4.69) is 45.3 Å². The topological polar surface area (TPSA) is 44.4 Å². The number of fused-ring (bicyclic) bond motifs is 1. The molecule has 0 aliphatic carbocycles. The van der Waals surface area contributed by atoms with Gasteiger partial charge in [0.05, 0.1) is 5.69 Å². The first-order chi connectivity index (χ1) is 9.08. The van der Waals surface area contributed by atoms with Crippen molar-refractivity contribution in [1.29, 1.82) is 0 Å². The van der Waals surface area contributed by atoms with E-state index in [1.165, 1.54) is 0 Å². The number of hydrogen-bond donors (Lipinski definition) is 2. The summed E-state index contributed by atoms with van der Waals surface area (Å²) in [5, 5.41) is 6.23. The largest absolute Gasteiger partial charge is 0.374 e. The second kappa shape index (κ2) is 5.92. The standard InChI is InChI=1S/C14H20BrN3O/c1-4-6-16-13-9-7-10(15)12(18(3)5-2)8-11(9)17-14(13)19/h7-8,13,16H,4-6H2,1-3H3,(H,17,19). The summed E-state index contributed by atoms with van der Waals surface area (Å²) in [4.78, 5) is 14.1. The highest BCUT2D eigenvalue weighted by Crippen LogP contribution is 2.38. The molecule has 1 aliphatic rings. The van der Waals surface area contributed by atoms with E-state index < -0.39 is 0 Å². The summed E-state index contributed by atoms with van der Waals surface area (Å²) in [5.41, 5.74) is 3.04. The van der Waals surface area contributed by atoms with Crippen molar-refractivity contribution in [3.8, 4) is 0 Å². The predicted octanol–water partition coefficient (Wildman–Crippen LogP) is 2.90. The number of hydrogen-bond acceptors (Lipinski definition) is 3. The van der Waals surface area contributed by atoms with Crippen molar-refractivity contribution in [2.24, 2.45) is 0 Å². The number of nitrogens with one attached hydrogen (secondary N) is 2. The third-order valence-corrected chi connectivity index (χ3v) is 4.07. The molecule has 2 N–H and O–H groups in total. The molecule has 0 bridgehead atoms. The molecular weight excluding hydrogens is 306 g/mol. The molecule has 1 atom stereocenters. The molecule has 104 valence electrons. The normalized spacial score (nSPS) is 17.3. The predicted molar refractivity (Wildman–Crippen MR) is 82.8 cm³/mol. The Hall–Kier alpha value is -1.07. The molecular formula is C14H20BrN3O. The van der Waals surface area contributed by atoms with Crippen molar-refractivity contribution in [3.05, 3.63) is 22.2 Å². The fraction of sp³-hybridized carbons (Fsp3) is 0.500. The molecule has 4 nitrogen and oxygen atoms in total. The van der Waals surface area contributed by atoms with Crippen LogP contribution in [0.4, 0.5) is 11.4 Å². The van der Waals surface area contributed by atoms with E-state index in [0.717, 1.165) is 40.9 Å². The molecule has 0 spiro atoms. The Morgan fingerprint density at radius 1 is 1.42 bits per heavy atom. The summed E-state index contributed by atoms with van der Waals surface area (Å²) < 4.78 is 1.02. The maximum atomic E-state index is 12.0. The van der Waals surface area contributed by atoms with Crippen LogP contribution >= 0.6 is 15.9 Å². The van der Waals surface area contributed by atoms with Gasteiger partial charge in [-0.3, -0.25) is 4.79 Å². The van der Waals surface area contributed by atoms with E-state index in [4.69, 9.17) is 0 Å². The lowest BCUT2D eigenvalue weighted by molar-refractivity contribution is -0.117. The Kier molecular flexibility index (Phi) is 4.47. The number of carbonyl (C=O) groups excluding carboxylic acids is 1.